The average Bonchev–Trinajstić information content (AvgIpc) is 3.28. The van der Waals surface area contributed by atoms with Gasteiger partial charge in [-0.1, -0.05) is 37.6 Å². The number of fused-ring (bicyclic) bond motifs is 1. The van der Waals surface area contributed by atoms with Gasteiger partial charge in [0, 0.05) is 19.1 Å². The Morgan fingerprint density at radius 2 is 1.94 bits per heavy atom. The maximum Gasteiger partial charge on any atom is 0.226 e. The van der Waals surface area contributed by atoms with Gasteiger partial charge in [-0.15, -0.1) is 11.3 Å². The number of halogens is 1. The Morgan fingerprint density at radius 1 is 1.16 bits per heavy atom. The van der Waals surface area contributed by atoms with Gasteiger partial charge < -0.3 is 26.0 Å². The first-order valence-corrected chi connectivity index (χ1v) is 11.5. The van der Waals surface area contributed by atoms with Crippen LogP contribution in [0.15, 0.2) is 24.3 Å². The summed E-state index contributed by atoms with van der Waals surface area (Å²) in [6.45, 7) is 4.63. The molecule has 0 amide bonds. The van der Waals surface area contributed by atoms with Gasteiger partial charge in [0.2, 0.25) is 5.95 Å². The second kappa shape index (κ2) is 9.22. The van der Waals surface area contributed by atoms with E-state index in [1.54, 1.807) is 0 Å². The number of aliphatic hydroxyl groups is 3. The summed E-state index contributed by atoms with van der Waals surface area (Å²) in [5.74, 6) is 0.784. The number of benzene rings is 1. The molecule has 5 N–H and O–H groups in total. The van der Waals surface area contributed by atoms with Gasteiger partial charge in [-0.05, 0) is 24.5 Å². The monoisotopic (exact) mass is 463 g/mol. The molecule has 0 aliphatic heterocycles. The van der Waals surface area contributed by atoms with Gasteiger partial charge in [-0.2, -0.15) is 4.98 Å². The van der Waals surface area contributed by atoms with E-state index in [2.05, 4.69) is 39.4 Å². The van der Waals surface area contributed by atoms with Crippen LogP contribution in [-0.4, -0.2) is 61.7 Å². The van der Waals surface area contributed by atoms with Crippen LogP contribution < -0.4 is 10.6 Å². The van der Waals surface area contributed by atoms with E-state index in [0.29, 0.717) is 41.2 Å². The molecule has 0 unspecified atom stereocenters. The highest BCUT2D eigenvalue weighted by molar-refractivity contribution is 7.21. The van der Waals surface area contributed by atoms with E-state index in [1.165, 1.54) is 11.3 Å². The predicted octanol–water partition coefficient (Wildman–Crippen LogP) is 2.99. The standard InChI is InChI=1S/C21H26ClN5O3S/c1-10(2)8-23-21-26-18(22)15(20-25-12-5-3-4-6-14(12)31-20)19(27-21)24-13-7-11(9-28)16(29)17(13)30/h3-6,10-11,13,16-17,28-30H,7-9H2,1-2H3,(H2,23,24,26,27)/t11-,13-,16-,17+/m1/s1. The third-order valence-electron chi connectivity index (χ3n) is 5.40. The molecule has 1 fully saturated rings. The normalized spacial score (nSPS) is 23.6. The summed E-state index contributed by atoms with van der Waals surface area (Å²) >= 11 is 8.08. The minimum absolute atomic E-state index is 0.202. The van der Waals surface area contributed by atoms with Gasteiger partial charge in [-0.3, -0.25) is 0 Å². The second-order valence-corrected chi connectivity index (χ2v) is 9.62. The minimum atomic E-state index is -1.04. The second-order valence-electron chi connectivity index (χ2n) is 8.23. The van der Waals surface area contributed by atoms with Crippen molar-refractivity contribution in [3.8, 4) is 10.6 Å². The topological polar surface area (TPSA) is 123 Å². The van der Waals surface area contributed by atoms with Crippen molar-refractivity contribution >= 4 is 44.9 Å². The van der Waals surface area contributed by atoms with E-state index >= 15 is 0 Å². The lowest BCUT2D eigenvalue weighted by Crippen LogP contribution is -2.35. The largest absolute Gasteiger partial charge is 0.396 e. The summed E-state index contributed by atoms with van der Waals surface area (Å²) < 4.78 is 1.01. The molecular weight excluding hydrogens is 438 g/mol. The Labute approximate surface area is 189 Å². The quantitative estimate of drug-likeness (QED) is 0.339. The lowest BCUT2D eigenvalue weighted by molar-refractivity contribution is 0.00446. The summed E-state index contributed by atoms with van der Waals surface area (Å²) in [6, 6.07) is 7.29. The predicted molar refractivity (Wildman–Crippen MR) is 124 cm³/mol. The Kier molecular flexibility index (Phi) is 6.59. The van der Waals surface area contributed by atoms with Crippen LogP contribution in [0.2, 0.25) is 5.15 Å². The SMILES string of the molecule is CC(C)CNc1nc(Cl)c(-c2nc3ccccc3s2)c(N[C@@H]2C[C@H](CO)[C@@H](O)[C@H]2O)n1. The van der Waals surface area contributed by atoms with Crippen molar-refractivity contribution in [2.75, 3.05) is 23.8 Å². The molecule has 1 aliphatic rings. The van der Waals surface area contributed by atoms with Crippen molar-refractivity contribution in [2.24, 2.45) is 11.8 Å². The number of rotatable bonds is 7. The van der Waals surface area contributed by atoms with Crippen LogP contribution in [0.4, 0.5) is 11.8 Å². The Morgan fingerprint density at radius 3 is 2.61 bits per heavy atom. The fourth-order valence-electron chi connectivity index (χ4n) is 3.71. The molecule has 10 heteroatoms. The first kappa shape index (κ1) is 22.2. The number of nitrogens with zero attached hydrogens (tertiary/aromatic N) is 3. The molecule has 2 heterocycles. The third kappa shape index (κ3) is 4.61. The highest BCUT2D eigenvalue weighted by Gasteiger charge is 2.41. The molecule has 4 atom stereocenters. The number of hydrogen-bond acceptors (Lipinski definition) is 9. The molecule has 1 aliphatic carbocycles. The van der Waals surface area contributed by atoms with Gasteiger partial charge in [0.1, 0.15) is 22.1 Å². The van der Waals surface area contributed by atoms with Crippen LogP contribution in [0.1, 0.15) is 20.3 Å². The molecule has 0 saturated heterocycles. The Bertz CT molecular complexity index is 1030. The molecule has 0 spiro atoms. The maximum absolute atomic E-state index is 10.5. The first-order chi connectivity index (χ1) is 14.9. The molecule has 8 nitrogen and oxygen atoms in total. The van der Waals surface area contributed by atoms with Crippen LogP contribution in [0, 0.1) is 11.8 Å². The summed E-state index contributed by atoms with van der Waals surface area (Å²) in [5.41, 5.74) is 1.40. The molecule has 4 rings (SSSR count). The van der Waals surface area contributed by atoms with Crippen LogP contribution >= 0.6 is 22.9 Å². The first-order valence-electron chi connectivity index (χ1n) is 10.3. The zero-order valence-electron chi connectivity index (χ0n) is 17.3. The molecule has 2 aromatic heterocycles. The lowest BCUT2D eigenvalue weighted by atomic mass is 10.1. The van der Waals surface area contributed by atoms with Gasteiger partial charge in [0.05, 0.1) is 27.9 Å². The van der Waals surface area contributed by atoms with Gasteiger partial charge in [0.15, 0.2) is 0 Å². The van der Waals surface area contributed by atoms with E-state index in [9.17, 15) is 15.3 Å². The molecule has 1 aromatic carbocycles. The number of para-hydroxylation sites is 1. The average molecular weight is 464 g/mol. The van der Waals surface area contributed by atoms with Crippen LogP contribution in [0.3, 0.4) is 0 Å². The number of aliphatic hydroxyl groups excluding tert-OH is 3. The van der Waals surface area contributed by atoms with Crippen molar-refractivity contribution in [3.63, 3.8) is 0 Å². The van der Waals surface area contributed by atoms with E-state index in [4.69, 9.17) is 11.6 Å². The van der Waals surface area contributed by atoms with Crippen molar-refractivity contribution < 1.29 is 15.3 Å². The van der Waals surface area contributed by atoms with Gasteiger partial charge in [0.25, 0.3) is 0 Å². The van der Waals surface area contributed by atoms with Crippen molar-refractivity contribution in [1.29, 1.82) is 0 Å². The van der Waals surface area contributed by atoms with E-state index in [1.807, 2.05) is 24.3 Å². The zero-order chi connectivity index (χ0) is 22.1. The third-order valence-corrected chi connectivity index (χ3v) is 6.73. The van der Waals surface area contributed by atoms with Gasteiger partial charge >= 0.3 is 0 Å². The van der Waals surface area contributed by atoms with E-state index in [-0.39, 0.29) is 11.8 Å². The van der Waals surface area contributed by atoms with Crippen molar-refractivity contribution in [2.45, 2.75) is 38.5 Å². The highest BCUT2D eigenvalue weighted by Crippen LogP contribution is 2.39. The minimum Gasteiger partial charge on any atom is -0.396 e. The van der Waals surface area contributed by atoms with E-state index < -0.39 is 24.2 Å². The number of anilines is 2. The molecule has 0 radical (unpaired) electrons. The summed E-state index contributed by atoms with van der Waals surface area (Å²) in [7, 11) is 0. The molecule has 1 saturated carbocycles. The van der Waals surface area contributed by atoms with Gasteiger partial charge in [-0.25, -0.2) is 9.97 Å². The van der Waals surface area contributed by atoms with Crippen LogP contribution in [0.5, 0.6) is 0 Å². The van der Waals surface area contributed by atoms with Crippen LogP contribution in [-0.2, 0) is 0 Å². The number of nitrogens with one attached hydrogen (secondary N) is 2. The Balaban J connectivity index is 1.74. The number of thiazole rings is 1. The number of hydrogen-bond donors (Lipinski definition) is 5. The zero-order valence-corrected chi connectivity index (χ0v) is 18.9. The summed E-state index contributed by atoms with van der Waals surface area (Å²) in [6.07, 6.45) is -1.65. The highest BCUT2D eigenvalue weighted by atomic mass is 35.5. The smallest absolute Gasteiger partial charge is 0.226 e. The number of aromatic nitrogens is 3. The summed E-state index contributed by atoms with van der Waals surface area (Å²) in [4.78, 5) is 13.7. The Hall–Kier alpha value is -2.04. The lowest BCUT2D eigenvalue weighted by Gasteiger charge is -2.21. The molecule has 166 valence electrons. The molecule has 0 bridgehead atoms. The van der Waals surface area contributed by atoms with Crippen molar-refractivity contribution in [1.82, 2.24) is 15.0 Å². The molecular formula is C21H26ClN5O3S. The molecule has 3 aromatic rings. The van der Waals surface area contributed by atoms with Crippen molar-refractivity contribution in [3.05, 3.63) is 29.4 Å². The van der Waals surface area contributed by atoms with Crippen LogP contribution in [0.25, 0.3) is 20.8 Å². The molecule has 31 heavy (non-hydrogen) atoms. The summed E-state index contributed by atoms with van der Waals surface area (Å²) in [5, 5.41) is 37.5. The fourth-order valence-corrected chi connectivity index (χ4v) is 5.03. The maximum atomic E-state index is 10.5. The van der Waals surface area contributed by atoms with E-state index in [0.717, 1.165) is 10.2 Å². The fraction of sp³-hybridized carbons (Fsp3) is 0.476.